The molecule has 0 unspecified atom stereocenters. The minimum atomic E-state index is -0.158. The summed E-state index contributed by atoms with van der Waals surface area (Å²) in [7, 11) is 0. The van der Waals surface area contributed by atoms with Crippen molar-refractivity contribution in [1.29, 1.82) is 0 Å². The average Bonchev–Trinajstić information content (AvgIpc) is 2.27. The molecule has 1 aliphatic heterocycles. The molecule has 0 radical (unpaired) electrons. The van der Waals surface area contributed by atoms with Crippen LogP contribution in [-0.4, -0.2) is 17.6 Å². The Balaban J connectivity index is 2.47. The van der Waals surface area contributed by atoms with Crippen LogP contribution in [0.5, 0.6) is 0 Å². The molecule has 0 bridgehead atoms. The third kappa shape index (κ3) is 2.70. The van der Waals surface area contributed by atoms with Crippen molar-refractivity contribution >= 4 is 5.91 Å². The molecule has 1 amide bonds. The lowest BCUT2D eigenvalue weighted by Gasteiger charge is -2.23. The number of carbonyl (C=O) groups is 1. The molecule has 1 heterocycles. The number of carbonyl (C=O) groups excluding carboxylic acids is 1. The summed E-state index contributed by atoms with van der Waals surface area (Å²) in [6, 6.07) is 0. The molecule has 0 aromatic rings. The first-order chi connectivity index (χ1) is 5.90. The fourth-order valence-corrected chi connectivity index (χ4v) is 0.849. The van der Waals surface area contributed by atoms with Crippen LogP contribution in [0.1, 0.15) is 20.8 Å². The minimum absolute atomic E-state index is 0.0448. The van der Waals surface area contributed by atoms with E-state index < -0.39 is 0 Å². The third-order valence-corrected chi connectivity index (χ3v) is 1.51. The van der Waals surface area contributed by atoms with E-state index in [1.54, 1.807) is 6.08 Å². The van der Waals surface area contributed by atoms with E-state index in [9.17, 15) is 4.79 Å². The molecule has 0 saturated heterocycles. The molecule has 1 rings (SSSR count). The van der Waals surface area contributed by atoms with Gasteiger partial charge < -0.3 is 0 Å². The Bertz CT molecular complexity index is 243. The third-order valence-electron chi connectivity index (χ3n) is 1.51. The molecule has 0 aromatic heterocycles. The highest BCUT2D eigenvalue weighted by atomic mass is 16.7. The second-order valence-corrected chi connectivity index (χ2v) is 4.29. The van der Waals surface area contributed by atoms with Crippen LogP contribution in [0.15, 0.2) is 24.4 Å². The van der Waals surface area contributed by atoms with Gasteiger partial charge in [0.15, 0.2) is 0 Å². The van der Waals surface area contributed by atoms with E-state index in [4.69, 9.17) is 4.84 Å². The highest BCUT2D eigenvalue weighted by molar-refractivity contribution is 5.91. The predicted molar refractivity (Wildman–Crippen MR) is 50.5 cm³/mol. The number of hydrogen-bond acceptors (Lipinski definition) is 2. The zero-order valence-electron chi connectivity index (χ0n) is 8.33. The van der Waals surface area contributed by atoms with Gasteiger partial charge in [-0.05, 0) is 11.5 Å². The van der Waals surface area contributed by atoms with Crippen molar-refractivity contribution in [3.63, 3.8) is 0 Å². The maximum absolute atomic E-state index is 11.2. The highest BCUT2D eigenvalue weighted by Crippen LogP contribution is 2.18. The van der Waals surface area contributed by atoms with Crippen LogP contribution >= 0.6 is 0 Å². The molecule has 3 nitrogen and oxygen atoms in total. The van der Waals surface area contributed by atoms with Crippen molar-refractivity contribution in [3.8, 4) is 0 Å². The zero-order chi connectivity index (χ0) is 10.1. The molecule has 0 N–H and O–H groups in total. The van der Waals surface area contributed by atoms with E-state index in [-0.39, 0.29) is 11.3 Å². The molecular formula is C10H15NO2. The lowest BCUT2D eigenvalue weighted by atomic mass is 9.99. The van der Waals surface area contributed by atoms with Crippen LogP contribution in [0.3, 0.4) is 0 Å². The Morgan fingerprint density at radius 3 is 2.46 bits per heavy atom. The van der Waals surface area contributed by atoms with E-state index >= 15 is 0 Å². The van der Waals surface area contributed by atoms with Crippen molar-refractivity contribution in [3.05, 3.63) is 24.4 Å². The van der Waals surface area contributed by atoms with Crippen LogP contribution < -0.4 is 0 Å². The molecule has 72 valence electrons. The number of amides is 1. The fourth-order valence-electron chi connectivity index (χ4n) is 0.849. The van der Waals surface area contributed by atoms with Gasteiger partial charge in [-0.25, -0.2) is 0 Å². The van der Waals surface area contributed by atoms with Gasteiger partial charge in [0, 0.05) is 6.08 Å². The lowest BCUT2D eigenvalue weighted by molar-refractivity contribution is -0.173. The van der Waals surface area contributed by atoms with E-state index in [0.29, 0.717) is 12.3 Å². The van der Waals surface area contributed by atoms with Crippen molar-refractivity contribution in [2.75, 3.05) is 6.61 Å². The highest BCUT2D eigenvalue weighted by Gasteiger charge is 2.22. The molecule has 0 aliphatic carbocycles. The number of hydroxylamine groups is 2. The van der Waals surface area contributed by atoms with Crippen LogP contribution in [0.4, 0.5) is 0 Å². The van der Waals surface area contributed by atoms with Crippen LogP contribution in [0, 0.1) is 5.41 Å². The molecule has 0 saturated carbocycles. The zero-order valence-corrected chi connectivity index (χ0v) is 8.33. The average molecular weight is 181 g/mol. The second-order valence-electron chi connectivity index (χ2n) is 4.29. The van der Waals surface area contributed by atoms with E-state index in [0.717, 1.165) is 0 Å². The molecule has 1 aliphatic rings. The van der Waals surface area contributed by atoms with Crippen LogP contribution in [-0.2, 0) is 9.63 Å². The predicted octanol–water partition coefficient (Wildman–Crippen LogP) is 1.88. The van der Waals surface area contributed by atoms with E-state index in [1.165, 1.54) is 11.1 Å². The summed E-state index contributed by atoms with van der Waals surface area (Å²) < 4.78 is 0. The van der Waals surface area contributed by atoms with Gasteiger partial charge in [0.25, 0.3) is 5.91 Å². The van der Waals surface area contributed by atoms with Gasteiger partial charge in [-0.2, -0.15) is 5.06 Å². The van der Waals surface area contributed by atoms with Gasteiger partial charge in [-0.1, -0.05) is 27.4 Å². The standard InChI is InChI=1S/C10H15NO2/c1-8-5-6-9(12)11(8)13-7-10(2,3)4/h5-6H,1,7H2,2-4H3. The molecule has 13 heavy (non-hydrogen) atoms. The summed E-state index contributed by atoms with van der Waals surface area (Å²) in [5, 5.41) is 1.23. The Morgan fingerprint density at radius 2 is 2.08 bits per heavy atom. The molecule has 0 aromatic carbocycles. The normalized spacial score (nSPS) is 17.3. The van der Waals surface area contributed by atoms with Crippen molar-refractivity contribution in [2.24, 2.45) is 5.41 Å². The summed E-state index contributed by atoms with van der Waals surface area (Å²) in [5.74, 6) is -0.158. The van der Waals surface area contributed by atoms with Crippen LogP contribution in [0.25, 0.3) is 0 Å². The summed E-state index contributed by atoms with van der Waals surface area (Å²) in [5.41, 5.74) is 0.637. The number of nitrogens with zero attached hydrogens (tertiary/aromatic N) is 1. The first kappa shape index (κ1) is 9.99. The quantitative estimate of drug-likeness (QED) is 0.651. The second kappa shape index (κ2) is 3.34. The van der Waals surface area contributed by atoms with Crippen LogP contribution in [0.2, 0.25) is 0 Å². The minimum Gasteiger partial charge on any atom is -0.267 e. The first-order valence-corrected chi connectivity index (χ1v) is 4.24. The topological polar surface area (TPSA) is 29.5 Å². The molecule has 0 fully saturated rings. The number of rotatable bonds is 2. The molecule has 0 atom stereocenters. The van der Waals surface area contributed by atoms with Gasteiger partial charge in [-0.3, -0.25) is 9.63 Å². The Morgan fingerprint density at radius 1 is 1.46 bits per heavy atom. The number of allylic oxidation sites excluding steroid dienone is 1. The summed E-state index contributed by atoms with van der Waals surface area (Å²) in [4.78, 5) is 16.5. The SMILES string of the molecule is C=C1C=CC(=O)N1OCC(C)(C)C. The lowest BCUT2D eigenvalue weighted by Crippen LogP contribution is -2.28. The van der Waals surface area contributed by atoms with Gasteiger partial charge in [-0.15, -0.1) is 0 Å². The summed E-state index contributed by atoms with van der Waals surface area (Å²) in [6.07, 6.45) is 3.09. The van der Waals surface area contributed by atoms with Crippen molar-refractivity contribution < 1.29 is 9.63 Å². The molecule has 0 spiro atoms. The van der Waals surface area contributed by atoms with Crippen molar-refractivity contribution in [2.45, 2.75) is 20.8 Å². The summed E-state index contributed by atoms with van der Waals surface area (Å²) >= 11 is 0. The Hall–Kier alpha value is -1.09. The number of hydrogen-bond donors (Lipinski definition) is 0. The van der Waals surface area contributed by atoms with Gasteiger partial charge in [0.2, 0.25) is 0 Å². The maximum Gasteiger partial charge on any atom is 0.274 e. The van der Waals surface area contributed by atoms with E-state index in [1.807, 2.05) is 20.8 Å². The summed E-state index contributed by atoms with van der Waals surface area (Å²) in [6.45, 7) is 10.3. The largest absolute Gasteiger partial charge is 0.274 e. The first-order valence-electron chi connectivity index (χ1n) is 4.24. The fraction of sp³-hybridized carbons (Fsp3) is 0.500. The van der Waals surface area contributed by atoms with Gasteiger partial charge in [0.05, 0.1) is 12.3 Å². The van der Waals surface area contributed by atoms with Gasteiger partial charge in [0.1, 0.15) is 0 Å². The Labute approximate surface area is 78.6 Å². The Kier molecular flexibility index (Phi) is 2.57. The molecular weight excluding hydrogens is 166 g/mol. The molecule has 3 heteroatoms. The van der Waals surface area contributed by atoms with Gasteiger partial charge >= 0.3 is 0 Å². The smallest absolute Gasteiger partial charge is 0.267 e. The monoisotopic (exact) mass is 181 g/mol. The maximum atomic E-state index is 11.2. The van der Waals surface area contributed by atoms with Crippen molar-refractivity contribution in [1.82, 2.24) is 5.06 Å². The van der Waals surface area contributed by atoms with E-state index in [2.05, 4.69) is 6.58 Å².